The minimum Gasteiger partial charge on any atom is -0.390 e. The van der Waals surface area contributed by atoms with Crippen LogP contribution in [-0.4, -0.2) is 53.5 Å². The predicted octanol–water partition coefficient (Wildman–Crippen LogP) is 0.444. The van der Waals surface area contributed by atoms with E-state index >= 15 is 0 Å². The summed E-state index contributed by atoms with van der Waals surface area (Å²) in [5.74, 6) is 0.378. The van der Waals surface area contributed by atoms with Crippen LogP contribution in [0.3, 0.4) is 0 Å². The maximum atomic E-state index is 12.5. The van der Waals surface area contributed by atoms with Crippen LogP contribution in [0.2, 0.25) is 0 Å². The summed E-state index contributed by atoms with van der Waals surface area (Å²) in [7, 11) is -1.92. The average Bonchev–Trinajstić information content (AvgIpc) is 2.60. The highest BCUT2D eigenvalue weighted by Gasteiger charge is 2.31. The standard InChI is InChI=1S/C12H20N4O3S/c1-12(17)4-3-6-16(7-5-12)20(18,19)10-8-14-11(13-2)15-9-10/h8-9,17H,3-7H2,1-2H3,(H,13,14,15). The minimum atomic E-state index is -3.59. The molecule has 1 aliphatic heterocycles. The highest BCUT2D eigenvalue weighted by Crippen LogP contribution is 2.25. The minimum absolute atomic E-state index is 0.0815. The Morgan fingerprint density at radius 1 is 1.30 bits per heavy atom. The van der Waals surface area contributed by atoms with Gasteiger partial charge in [0.1, 0.15) is 4.90 Å². The first kappa shape index (κ1) is 15.1. The van der Waals surface area contributed by atoms with Gasteiger partial charge in [-0.25, -0.2) is 18.4 Å². The molecular formula is C12H20N4O3S. The highest BCUT2D eigenvalue weighted by molar-refractivity contribution is 7.89. The lowest BCUT2D eigenvalue weighted by atomic mass is 9.98. The van der Waals surface area contributed by atoms with Crippen LogP contribution in [0.1, 0.15) is 26.2 Å². The summed E-state index contributed by atoms with van der Waals surface area (Å²) in [6.45, 7) is 2.46. The van der Waals surface area contributed by atoms with Crippen LogP contribution in [-0.2, 0) is 10.0 Å². The van der Waals surface area contributed by atoms with E-state index in [-0.39, 0.29) is 4.90 Å². The van der Waals surface area contributed by atoms with Crippen molar-refractivity contribution in [1.29, 1.82) is 0 Å². The van der Waals surface area contributed by atoms with Gasteiger partial charge in [-0.15, -0.1) is 0 Å². The zero-order valence-corrected chi connectivity index (χ0v) is 12.5. The molecule has 1 atom stereocenters. The van der Waals surface area contributed by atoms with Crippen molar-refractivity contribution in [1.82, 2.24) is 14.3 Å². The predicted molar refractivity (Wildman–Crippen MR) is 74.8 cm³/mol. The Hall–Kier alpha value is -1.25. The summed E-state index contributed by atoms with van der Waals surface area (Å²) in [5, 5.41) is 12.8. The molecule has 0 aromatic carbocycles. The van der Waals surface area contributed by atoms with Crippen LogP contribution >= 0.6 is 0 Å². The van der Waals surface area contributed by atoms with Crippen LogP contribution < -0.4 is 5.32 Å². The monoisotopic (exact) mass is 300 g/mol. The molecule has 1 aliphatic rings. The molecule has 7 nitrogen and oxygen atoms in total. The van der Waals surface area contributed by atoms with E-state index in [4.69, 9.17) is 0 Å². The number of aliphatic hydroxyl groups is 1. The molecule has 0 aliphatic carbocycles. The number of rotatable bonds is 3. The van der Waals surface area contributed by atoms with Gasteiger partial charge in [0.05, 0.1) is 18.0 Å². The van der Waals surface area contributed by atoms with Crippen molar-refractivity contribution in [2.75, 3.05) is 25.5 Å². The largest absolute Gasteiger partial charge is 0.390 e. The third kappa shape index (κ3) is 3.25. The van der Waals surface area contributed by atoms with Crippen molar-refractivity contribution in [2.24, 2.45) is 0 Å². The molecule has 0 bridgehead atoms. The molecule has 20 heavy (non-hydrogen) atoms. The number of anilines is 1. The lowest BCUT2D eigenvalue weighted by Gasteiger charge is -2.22. The first-order chi connectivity index (χ1) is 9.35. The topological polar surface area (TPSA) is 95.4 Å². The molecule has 1 aromatic heterocycles. The van der Waals surface area contributed by atoms with Gasteiger partial charge < -0.3 is 10.4 Å². The van der Waals surface area contributed by atoms with E-state index in [1.807, 2.05) is 0 Å². The smallest absolute Gasteiger partial charge is 0.246 e. The van der Waals surface area contributed by atoms with Crippen molar-refractivity contribution in [2.45, 2.75) is 36.7 Å². The van der Waals surface area contributed by atoms with Crippen LogP contribution in [0, 0.1) is 0 Å². The number of sulfonamides is 1. The van der Waals surface area contributed by atoms with Gasteiger partial charge in [-0.3, -0.25) is 0 Å². The fraction of sp³-hybridized carbons (Fsp3) is 0.667. The Morgan fingerprint density at radius 2 is 1.95 bits per heavy atom. The maximum Gasteiger partial charge on any atom is 0.246 e. The third-order valence-electron chi connectivity index (χ3n) is 3.51. The van der Waals surface area contributed by atoms with E-state index < -0.39 is 15.6 Å². The fourth-order valence-corrected chi connectivity index (χ4v) is 3.58. The second-order valence-corrected chi connectivity index (χ2v) is 7.18. The summed E-state index contributed by atoms with van der Waals surface area (Å²) in [4.78, 5) is 7.95. The van der Waals surface area contributed by atoms with Crippen LogP contribution in [0.5, 0.6) is 0 Å². The van der Waals surface area contributed by atoms with Gasteiger partial charge in [-0.2, -0.15) is 4.31 Å². The molecule has 2 N–H and O–H groups in total. The number of hydrogen-bond acceptors (Lipinski definition) is 6. The molecule has 2 rings (SSSR count). The van der Waals surface area contributed by atoms with E-state index in [1.54, 1.807) is 14.0 Å². The second kappa shape index (κ2) is 5.63. The number of nitrogens with zero attached hydrogens (tertiary/aromatic N) is 3. The van der Waals surface area contributed by atoms with Gasteiger partial charge in [0.15, 0.2) is 0 Å². The van der Waals surface area contributed by atoms with E-state index in [2.05, 4.69) is 15.3 Å². The van der Waals surface area contributed by atoms with Crippen molar-refractivity contribution < 1.29 is 13.5 Å². The Balaban J connectivity index is 2.20. The number of nitrogens with one attached hydrogen (secondary N) is 1. The Bertz CT molecular complexity index is 557. The fourth-order valence-electron chi connectivity index (χ4n) is 2.21. The molecule has 2 heterocycles. The zero-order valence-electron chi connectivity index (χ0n) is 11.7. The molecule has 0 spiro atoms. The van der Waals surface area contributed by atoms with Crippen molar-refractivity contribution in [3.63, 3.8) is 0 Å². The first-order valence-corrected chi connectivity index (χ1v) is 8.01. The summed E-state index contributed by atoms with van der Waals surface area (Å²) < 4.78 is 26.4. The average molecular weight is 300 g/mol. The first-order valence-electron chi connectivity index (χ1n) is 6.57. The number of aromatic nitrogens is 2. The maximum absolute atomic E-state index is 12.5. The Morgan fingerprint density at radius 3 is 2.55 bits per heavy atom. The Labute approximate surface area is 119 Å². The molecule has 1 fully saturated rings. The van der Waals surface area contributed by atoms with E-state index in [9.17, 15) is 13.5 Å². The second-order valence-electron chi connectivity index (χ2n) is 5.25. The van der Waals surface area contributed by atoms with Crippen LogP contribution in [0.25, 0.3) is 0 Å². The van der Waals surface area contributed by atoms with Crippen molar-refractivity contribution in [3.8, 4) is 0 Å². The van der Waals surface area contributed by atoms with Crippen molar-refractivity contribution in [3.05, 3.63) is 12.4 Å². The van der Waals surface area contributed by atoms with Crippen LogP contribution in [0.15, 0.2) is 17.3 Å². The quantitative estimate of drug-likeness (QED) is 0.841. The van der Waals surface area contributed by atoms with E-state index in [0.29, 0.717) is 38.3 Å². The molecule has 1 unspecified atom stereocenters. The van der Waals surface area contributed by atoms with Gasteiger partial charge in [0, 0.05) is 20.1 Å². The van der Waals surface area contributed by atoms with Gasteiger partial charge in [0.25, 0.3) is 0 Å². The van der Waals surface area contributed by atoms with Gasteiger partial charge in [-0.05, 0) is 26.2 Å². The molecule has 0 saturated carbocycles. The highest BCUT2D eigenvalue weighted by atomic mass is 32.2. The lowest BCUT2D eigenvalue weighted by molar-refractivity contribution is 0.0465. The summed E-state index contributed by atoms with van der Waals surface area (Å²) in [6, 6.07) is 0. The van der Waals surface area contributed by atoms with Gasteiger partial charge in [-0.1, -0.05) is 0 Å². The molecule has 8 heteroatoms. The summed E-state index contributed by atoms with van der Waals surface area (Å²) in [5.41, 5.74) is -0.795. The molecular weight excluding hydrogens is 280 g/mol. The molecule has 1 aromatic rings. The van der Waals surface area contributed by atoms with Gasteiger partial charge >= 0.3 is 0 Å². The van der Waals surface area contributed by atoms with E-state index in [0.717, 1.165) is 0 Å². The molecule has 0 radical (unpaired) electrons. The van der Waals surface area contributed by atoms with Gasteiger partial charge in [0.2, 0.25) is 16.0 Å². The summed E-state index contributed by atoms with van der Waals surface area (Å²) >= 11 is 0. The zero-order chi connectivity index (χ0) is 14.8. The normalized spacial score (nSPS) is 25.1. The number of hydrogen-bond donors (Lipinski definition) is 2. The Kier molecular flexibility index (Phi) is 4.26. The van der Waals surface area contributed by atoms with E-state index in [1.165, 1.54) is 16.7 Å². The third-order valence-corrected chi connectivity index (χ3v) is 5.36. The van der Waals surface area contributed by atoms with Crippen molar-refractivity contribution >= 4 is 16.0 Å². The summed E-state index contributed by atoms with van der Waals surface area (Å²) in [6.07, 6.45) is 4.28. The SMILES string of the molecule is CNc1ncc(S(=O)(=O)N2CCCC(C)(O)CC2)cn1. The molecule has 1 saturated heterocycles. The van der Waals surface area contributed by atoms with Crippen LogP contribution in [0.4, 0.5) is 5.95 Å². The lowest BCUT2D eigenvalue weighted by Crippen LogP contribution is -2.33. The molecule has 0 amide bonds. The molecule has 112 valence electrons.